The zero-order valence-electron chi connectivity index (χ0n) is 9.38. The van der Waals surface area contributed by atoms with Crippen molar-refractivity contribution in [3.05, 3.63) is 0 Å². The zero-order valence-corrected chi connectivity index (χ0v) is 9.38. The Bertz CT molecular complexity index is 149. The summed E-state index contributed by atoms with van der Waals surface area (Å²) in [6, 6.07) is 2.75. The molecule has 0 aromatic carbocycles. The first-order valence-electron chi connectivity index (χ1n) is 5.21. The van der Waals surface area contributed by atoms with Gasteiger partial charge in [0.15, 0.2) is 0 Å². The summed E-state index contributed by atoms with van der Waals surface area (Å²) >= 11 is 0. The van der Waals surface area contributed by atoms with E-state index in [1.165, 1.54) is 0 Å². The molecule has 0 aliphatic rings. The summed E-state index contributed by atoms with van der Waals surface area (Å²) < 4.78 is 0. The van der Waals surface area contributed by atoms with Crippen LogP contribution in [0.3, 0.4) is 0 Å². The van der Waals surface area contributed by atoms with Crippen LogP contribution in [0, 0.1) is 11.8 Å². The molecule has 2 heteroatoms. The smallest absolute Gasteiger partial charge is 0.0892 e. The summed E-state index contributed by atoms with van der Waals surface area (Å²) in [5, 5.41) is 0. The van der Waals surface area contributed by atoms with Gasteiger partial charge in [-0.15, -0.1) is 0 Å². The van der Waals surface area contributed by atoms with E-state index in [4.69, 9.17) is 0 Å². The van der Waals surface area contributed by atoms with Gasteiger partial charge >= 0.3 is 0 Å². The number of rotatable bonds is 6. The lowest BCUT2D eigenvalue weighted by Gasteiger charge is -1.97. The van der Waals surface area contributed by atoms with Crippen LogP contribution in [-0.4, -0.2) is 19.1 Å². The van der Waals surface area contributed by atoms with E-state index < -0.39 is 0 Å². The standard InChI is InChI=1S/C11H22N2/c1-10(2)5-7-12-9-13-8-6-11(3)4/h10-11H,5-8H2,1-4H3. The molecule has 0 aliphatic heterocycles. The van der Waals surface area contributed by atoms with Gasteiger partial charge in [-0.3, -0.25) is 0 Å². The van der Waals surface area contributed by atoms with Crippen LogP contribution in [0.2, 0.25) is 0 Å². The molecule has 0 atom stereocenters. The SMILES string of the molecule is CC(C)CCN=C=NCCC(C)C. The first-order chi connectivity index (χ1) is 6.13. The van der Waals surface area contributed by atoms with Gasteiger partial charge in [0, 0.05) is 0 Å². The van der Waals surface area contributed by atoms with Crippen LogP contribution in [0.5, 0.6) is 0 Å². The highest BCUT2D eigenvalue weighted by Gasteiger charge is 1.90. The molecule has 0 aromatic heterocycles. The zero-order chi connectivity index (χ0) is 10.1. The maximum Gasteiger partial charge on any atom is 0.0892 e. The average molecular weight is 182 g/mol. The molecule has 0 fully saturated rings. The molecule has 2 nitrogen and oxygen atoms in total. The number of nitrogens with zero attached hydrogens (tertiary/aromatic N) is 2. The van der Waals surface area contributed by atoms with Gasteiger partial charge in [0.05, 0.1) is 19.1 Å². The molecule has 76 valence electrons. The number of aliphatic imine (C=N–C) groups is 2. The molecular formula is C11H22N2. The van der Waals surface area contributed by atoms with Gasteiger partial charge in [-0.2, -0.15) is 0 Å². The third kappa shape index (κ3) is 11.4. The summed E-state index contributed by atoms with van der Waals surface area (Å²) in [6.07, 6.45) is 2.26. The van der Waals surface area contributed by atoms with Crippen LogP contribution >= 0.6 is 0 Å². The van der Waals surface area contributed by atoms with E-state index in [0.29, 0.717) is 0 Å². The predicted molar refractivity (Wildman–Crippen MR) is 58.5 cm³/mol. The maximum absolute atomic E-state index is 4.09. The van der Waals surface area contributed by atoms with Crippen LogP contribution in [0.1, 0.15) is 40.5 Å². The van der Waals surface area contributed by atoms with Crippen molar-refractivity contribution in [3.8, 4) is 0 Å². The summed E-state index contributed by atoms with van der Waals surface area (Å²) in [6.45, 7) is 10.5. The Labute approximate surface area is 82.2 Å². The maximum atomic E-state index is 4.09. The molecule has 0 heterocycles. The molecule has 0 bridgehead atoms. The lowest BCUT2D eigenvalue weighted by molar-refractivity contribution is 0.594. The molecule has 13 heavy (non-hydrogen) atoms. The highest BCUT2D eigenvalue weighted by atomic mass is 14.8. The minimum absolute atomic E-state index is 0.723. The first-order valence-corrected chi connectivity index (χ1v) is 5.21. The predicted octanol–water partition coefficient (Wildman–Crippen LogP) is 3.25. The van der Waals surface area contributed by atoms with E-state index in [1.807, 2.05) is 0 Å². The lowest BCUT2D eigenvalue weighted by atomic mass is 10.1. The normalized spacial score (nSPS) is 10.3. The Morgan fingerprint density at radius 3 is 1.54 bits per heavy atom. The fourth-order valence-electron chi connectivity index (χ4n) is 0.795. The highest BCUT2D eigenvalue weighted by molar-refractivity contribution is 5.40. The van der Waals surface area contributed by atoms with E-state index in [2.05, 4.69) is 43.7 Å². The van der Waals surface area contributed by atoms with Gasteiger partial charge < -0.3 is 0 Å². The van der Waals surface area contributed by atoms with Crippen molar-refractivity contribution in [1.29, 1.82) is 0 Å². The molecule has 0 saturated heterocycles. The second-order valence-electron chi connectivity index (χ2n) is 4.23. The van der Waals surface area contributed by atoms with Crippen molar-refractivity contribution in [1.82, 2.24) is 0 Å². The third-order valence-electron chi connectivity index (χ3n) is 1.78. The molecule has 0 saturated carbocycles. The van der Waals surface area contributed by atoms with E-state index >= 15 is 0 Å². The summed E-state index contributed by atoms with van der Waals surface area (Å²) in [5.74, 6) is 1.45. The second-order valence-corrected chi connectivity index (χ2v) is 4.23. The van der Waals surface area contributed by atoms with Gasteiger partial charge in [0.25, 0.3) is 0 Å². The molecule has 0 rings (SSSR count). The topological polar surface area (TPSA) is 24.7 Å². The highest BCUT2D eigenvalue weighted by Crippen LogP contribution is 1.98. The first kappa shape index (κ1) is 12.4. The van der Waals surface area contributed by atoms with Crippen molar-refractivity contribution < 1.29 is 0 Å². The van der Waals surface area contributed by atoms with Gasteiger partial charge in [-0.1, -0.05) is 27.7 Å². The summed E-state index contributed by atoms with van der Waals surface area (Å²) in [7, 11) is 0. The van der Waals surface area contributed by atoms with Crippen molar-refractivity contribution >= 4 is 6.01 Å². The van der Waals surface area contributed by atoms with Crippen LogP contribution < -0.4 is 0 Å². The molecule has 0 aliphatic carbocycles. The second kappa shape index (κ2) is 8.00. The molecule has 0 N–H and O–H groups in total. The Hall–Kier alpha value is -0.620. The largest absolute Gasteiger partial charge is 0.226 e. The van der Waals surface area contributed by atoms with E-state index in [0.717, 1.165) is 37.8 Å². The minimum atomic E-state index is 0.723. The monoisotopic (exact) mass is 182 g/mol. The van der Waals surface area contributed by atoms with Gasteiger partial charge in [-0.05, 0) is 24.7 Å². The van der Waals surface area contributed by atoms with Gasteiger partial charge in [0.1, 0.15) is 0 Å². The van der Waals surface area contributed by atoms with Crippen molar-refractivity contribution in [3.63, 3.8) is 0 Å². The fourth-order valence-corrected chi connectivity index (χ4v) is 0.795. The quantitative estimate of drug-likeness (QED) is 0.563. The van der Waals surface area contributed by atoms with Crippen molar-refractivity contribution in [2.24, 2.45) is 21.8 Å². The van der Waals surface area contributed by atoms with Crippen LogP contribution in [0.25, 0.3) is 0 Å². The molecule has 0 unspecified atom stereocenters. The molecular weight excluding hydrogens is 160 g/mol. The lowest BCUT2D eigenvalue weighted by Crippen LogP contribution is -1.91. The summed E-state index contributed by atoms with van der Waals surface area (Å²) in [5.41, 5.74) is 0. The van der Waals surface area contributed by atoms with Crippen LogP contribution in [0.15, 0.2) is 9.98 Å². The fraction of sp³-hybridized carbons (Fsp3) is 0.909. The Morgan fingerprint density at radius 1 is 0.846 bits per heavy atom. The molecule has 0 aromatic rings. The van der Waals surface area contributed by atoms with E-state index in [9.17, 15) is 0 Å². The molecule has 0 amide bonds. The van der Waals surface area contributed by atoms with E-state index in [-0.39, 0.29) is 0 Å². The van der Waals surface area contributed by atoms with E-state index in [1.54, 1.807) is 0 Å². The molecule has 0 spiro atoms. The van der Waals surface area contributed by atoms with Gasteiger partial charge in [-0.25, -0.2) is 9.98 Å². The number of hydrogen-bond donors (Lipinski definition) is 0. The Kier molecular flexibility index (Phi) is 7.62. The number of hydrogen-bond acceptors (Lipinski definition) is 2. The van der Waals surface area contributed by atoms with Crippen molar-refractivity contribution in [2.45, 2.75) is 40.5 Å². The average Bonchev–Trinajstić information content (AvgIpc) is 2.01. The van der Waals surface area contributed by atoms with Crippen LogP contribution in [-0.2, 0) is 0 Å². The summed E-state index contributed by atoms with van der Waals surface area (Å²) in [4.78, 5) is 8.18. The van der Waals surface area contributed by atoms with Crippen molar-refractivity contribution in [2.75, 3.05) is 13.1 Å². The van der Waals surface area contributed by atoms with Gasteiger partial charge in [0.2, 0.25) is 0 Å². The Morgan fingerprint density at radius 2 is 1.23 bits per heavy atom. The van der Waals surface area contributed by atoms with Crippen LogP contribution in [0.4, 0.5) is 0 Å². The third-order valence-corrected chi connectivity index (χ3v) is 1.78. The Balaban J connectivity index is 3.37. The minimum Gasteiger partial charge on any atom is -0.226 e. The molecule has 0 radical (unpaired) electrons.